The Bertz CT molecular complexity index is 1340. The van der Waals surface area contributed by atoms with Crippen LogP contribution in [0.5, 0.6) is 5.75 Å². The van der Waals surface area contributed by atoms with Gasteiger partial charge in [0.05, 0.1) is 16.5 Å². The fourth-order valence-electron chi connectivity index (χ4n) is 4.22. The molecule has 1 heterocycles. The van der Waals surface area contributed by atoms with Crippen molar-refractivity contribution in [3.8, 4) is 32.8 Å². The first kappa shape index (κ1) is 25.5. The summed E-state index contributed by atoms with van der Waals surface area (Å²) in [5.41, 5.74) is 5.50. The van der Waals surface area contributed by atoms with Crippen molar-refractivity contribution < 1.29 is 14.3 Å². The topological polar surface area (TPSA) is 84.2 Å². The number of alkyl carbamates (subject to hydrolysis) is 1. The molecule has 1 aliphatic carbocycles. The van der Waals surface area contributed by atoms with Crippen LogP contribution in [0.3, 0.4) is 0 Å². The number of carbonyl (C=O) groups excluding carboxylic acids is 1. The quantitative estimate of drug-likeness (QED) is 0.395. The molecule has 0 radical (unpaired) electrons. The van der Waals surface area contributed by atoms with Crippen molar-refractivity contribution in [2.75, 3.05) is 0 Å². The number of hydrogen-bond donors (Lipinski definition) is 1. The summed E-state index contributed by atoms with van der Waals surface area (Å²) in [6.45, 7) is 9.42. The van der Waals surface area contributed by atoms with Gasteiger partial charge in [0.15, 0.2) is 0 Å². The molecule has 6 nitrogen and oxygen atoms in total. The predicted molar refractivity (Wildman–Crippen MR) is 144 cm³/mol. The number of allylic oxidation sites excluding steroid dienone is 1. The number of nitrogens with zero attached hydrogens (tertiary/aromatic N) is 2. The van der Waals surface area contributed by atoms with Crippen LogP contribution in [0.1, 0.15) is 64.2 Å². The van der Waals surface area contributed by atoms with E-state index in [2.05, 4.69) is 28.5 Å². The van der Waals surface area contributed by atoms with E-state index >= 15 is 0 Å². The van der Waals surface area contributed by atoms with Crippen molar-refractivity contribution in [3.05, 3.63) is 65.5 Å². The number of carbonyl (C=O) groups is 1. The summed E-state index contributed by atoms with van der Waals surface area (Å²) in [6.07, 6.45) is 6.07. The maximum atomic E-state index is 12.1. The number of fused-ring (bicyclic) bond motifs is 1. The van der Waals surface area contributed by atoms with Crippen LogP contribution in [-0.4, -0.2) is 22.8 Å². The van der Waals surface area contributed by atoms with Crippen molar-refractivity contribution in [2.24, 2.45) is 0 Å². The third-order valence-corrected chi connectivity index (χ3v) is 6.72. The van der Waals surface area contributed by atoms with Crippen molar-refractivity contribution in [1.29, 1.82) is 5.26 Å². The second-order valence-corrected chi connectivity index (χ2v) is 11.1. The molecule has 2 aromatic carbocycles. The Hall–Kier alpha value is -3.63. The minimum absolute atomic E-state index is 0.00283. The van der Waals surface area contributed by atoms with E-state index in [4.69, 9.17) is 9.47 Å². The summed E-state index contributed by atoms with van der Waals surface area (Å²) in [5, 5.41) is 13.2. The number of thiazole rings is 1. The molecule has 7 heteroatoms. The van der Waals surface area contributed by atoms with Crippen molar-refractivity contribution in [3.63, 3.8) is 0 Å². The average Bonchev–Trinajstić information content (AvgIpc) is 3.31. The molecule has 0 bridgehead atoms. The first-order chi connectivity index (χ1) is 17.1. The van der Waals surface area contributed by atoms with Crippen LogP contribution in [0, 0.1) is 11.3 Å². The Morgan fingerprint density at radius 2 is 1.97 bits per heavy atom. The van der Waals surface area contributed by atoms with E-state index in [1.807, 2.05) is 65.1 Å². The number of hydrogen-bond acceptors (Lipinski definition) is 6. The third-order valence-electron chi connectivity index (χ3n) is 5.64. The molecule has 3 aromatic rings. The van der Waals surface area contributed by atoms with Crippen LogP contribution in [-0.2, 0) is 11.2 Å². The Morgan fingerprint density at radius 3 is 2.69 bits per heavy atom. The lowest BCUT2D eigenvalue weighted by Gasteiger charge is -2.22. The summed E-state index contributed by atoms with van der Waals surface area (Å²) in [4.78, 5) is 17.9. The maximum absolute atomic E-state index is 12.1. The fourth-order valence-corrected chi connectivity index (χ4v) is 5.19. The predicted octanol–water partition coefficient (Wildman–Crippen LogP) is 7.34. The molecule has 4 rings (SSSR count). The number of aromatic nitrogens is 1. The van der Waals surface area contributed by atoms with Crippen LogP contribution in [0.25, 0.3) is 26.6 Å². The van der Waals surface area contributed by atoms with Crippen molar-refractivity contribution in [2.45, 2.75) is 65.6 Å². The number of ether oxygens (including phenoxy) is 2. The van der Waals surface area contributed by atoms with Gasteiger partial charge < -0.3 is 9.47 Å². The number of nitriles is 1. The SMILES string of the molecule is CC(C)Oc1ccc(-c2ncc(-c3cccc4c3CCC/C4=C/NC(=O)OC(C)(C)C)s2)cc1C#N. The average molecular weight is 502 g/mol. The summed E-state index contributed by atoms with van der Waals surface area (Å²) >= 11 is 1.61. The molecule has 0 fully saturated rings. The molecule has 1 N–H and O–H groups in total. The van der Waals surface area contributed by atoms with Crippen LogP contribution in [0.2, 0.25) is 0 Å². The molecule has 0 saturated carbocycles. The summed E-state index contributed by atoms with van der Waals surface area (Å²) in [7, 11) is 0. The number of rotatable bonds is 5. The lowest BCUT2D eigenvalue weighted by Crippen LogP contribution is -2.30. The first-order valence-electron chi connectivity index (χ1n) is 12.1. The molecule has 0 spiro atoms. The van der Waals surface area contributed by atoms with Gasteiger partial charge in [0, 0.05) is 18.0 Å². The van der Waals surface area contributed by atoms with Gasteiger partial charge in [-0.05, 0) is 94.3 Å². The third kappa shape index (κ3) is 5.95. The number of nitrogens with one attached hydrogen (secondary N) is 1. The van der Waals surface area contributed by atoms with Crippen LogP contribution in [0.4, 0.5) is 4.79 Å². The molecule has 186 valence electrons. The van der Waals surface area contributed by atoms with E-state index in [0.717, 1.165) is 51.4 Å². The van der Waals surface area contributed by atoms with Gasteiger partial charge in [0.2, 0.25) is 0 Å². The maximum Gasteiger partial charge on any atom is 0.411 e. The Morgan fingerprint density at radius 1 is 1.19 bits per heavy atom. The molecule has 1 amide bonds. The smallest absolute Gasteiger partial charge is 0.411 e. The normalized spacial score (nSPS) is 14.3. The molecule has 1 aliphatic rings. The van der Waals surface area contributed by atoms with E-state index in [-0.39, 0.29) is 6.10 Å². The lowest BCUT2D eigenvalue weighted by molar-refractivity contribution is 0.0552. The monoisotopic (exact) mass is 501 g/mol. The van der Waals surface area contributed by atoms with Crippen LogP contribution >= 0.6 is 11.3 Å². The highest BCUT2D eigenvalue weighted by Gasteiger charge is 2.21. The van der Waals surface area contributed by atoms with E-state index in [1.165, 1.54) is 5.56 Å². The number of benzene rings is 2. The van der Waals surface area contributed by atoms with Gasteiger partial charge in [-0.25, -0.2) is 9.78 Å². The highest BCUT2D eigenvalue weighted by atomic mass is 32.1. The summed E-state index contributed by atoms with van der Waals surface area (Å²) < 4.78 is 11.1. The van der Waals surface area contributed by atoms with Gasteiger partial charge >= 0.3 is 6.09 Å². The second-order valence-electron chi connectivity index (χ2n) is 10.0. The van der Waals surface area contributed by atoms with E-state index in [9.17, 15) is 10.1 Å². The van der Waals surface area contributed by atoms with Crippen LogP contribution in [0.15, 0.2) is 48.8 Å². The van der Waals surface area contributed by atoms with Gasteiger partial charge in [-0.15, -0.1) is 11.3 Å². The van der Waals surface area contributed by atoms with E-state index in [0.29, 0.717) is 11.3 Å². The standard InChI is InChI=1S/C29H31N3O3S/c1-18(2)34-25-13-12-19(14-21(25)15-30)27-31-17-26(36-27)24-11-7-9-22-20(8-6-10-23(22)24)16-32-28(33)35-29(3,4)5/h7,9,11-14,16-18H,6,8,10H2,1-5H3,(H,32,33)/b20-16-. The molecule has 1 aromatic heterocycles. The minimum atomic E-state index is -0.542. The van der Waals surface area contributed by atoms with Crippen molar-refractivity contribution >= 4 is 23.0 Å². The zero-order valence-electron chi connectivity index (χ0n) is 21.3. The van der Waals surface area contributed by atoms with Crippen molar-refractivity contribution in [1.82, 2.24) is 10.3 Å². The Kier molecular flexibility index (Phi) is 7.46. The molecular weight excluding hydrogens is 470 g/mol. The van der Waals surface area contributed by atoms with Gasteiger partial charge in [-0.1, -0.05) is 18.2 Å². The second kappa shape index (κ2) is 10.5. The summed E-state index contributed by atoms with van der Waals surface area (Å²) in [6, 6.07) is 14.1. The molecule has 0 unspecified atom stereocenters. The summed E-state index contributed by atoms with van der Waals surface area (Å²) in [5.74, 6) is 0.587. The molecule has 0 saturated heterocycles. The fraction of sp³-hybridized carbons (Fsp3) is 0.345. The van der Waals surface area contributed by atoms with Gasteiger partial charge in [-0.2, -0.15) is 5.26 Å². The largest absolute Gasteiger partial charge is 0.490 e. The molecular formula is C29H31N3O3S. The molecule has 36 heavy (non-hydrogen) atoms. The highest BCUT2D eigenvalue weighted by Crippen LogP contribution is 2.40. The Balaban J connectivity index is 1.61. The van der Waals surface area contributed by atoms with Gasteiger partial charge in [0.1, 0.15) is 22.4 Å². The van der Waals surface area contributed by atoms with Gasteiger partial charge in [0.25, 0.3) is 0 Å². The minimum Gasteiger partial charge on any atom is -0.490 e. The lowest BCUT2D eigenvalue weighted by atomic mass is 9.85. The van der Waals surface area contributed by atoms with Crippen LogP contribution < -0.4 is 10.1 Å². The van der Waals surface area contributed by atoms with E-state index < -0.39 is 11.7 Å². The molecule has 0 aliphatic heterocycles. The Labute approximate surface area is 216 Å². The van der Waals surface area contributed by atoms with Gasteiger partial charge in [-0.3, -0.25) is 5.32 Å². The molecule has 0 atom stereocenters. The zero-order valence-corrected chi connectivity index (χ0v) is 22.2. The zero-order chi connectivity index (χ0) is 25.9. The first-order valence-corrected chi connectivity index (χ1v) is 12.9. The highest BCUT2D eigenvalue weighted by molar-refractivity contribution is 7.18. The number of amides is 1. The van der Waals surface area contributed by atoms with E-state index in [1.54, 1.807) is 17.5 Å².